The van der Waals surface area contributed by atoms with E-state index in [1.807, 2.05) is 25.2 Å². The van der Waals surface area contributed by atoms with Crippen LogP contribution in [0.5, 0.6) is 5.75 Å². The third-order valence-corrected chi connectivity index (χ3v) is 5.88. The van der Waals surface area contributed by atoms with Crippen LogP contribution in [0.1, 0.15) is 43.2 Å². The van der Waals surface area contributed by atoms with Gasteiger partial charge >= 0.3 is 0 Å². The van der Waals surface area contributed by atoms with Crippen molar-refractivity contribution in [2.75, 3.05) is 24.8 Å². The van der Waals surface area contributed by atoms with Gasteiger partial charge in [-0.2, -0.15) is 15.2 Å². The van der Waals surface area contributed by atoms with Crippen molar-refractivity contribution in [1.82, 2.24) is 20.3 Å². The zero-order chi connectivity index (χ0) is 23.2. The van der Waals surface area contributed by atoms with Crippen LogP contribution >= 0.6 is 0 Å². The average Bonchev–Trinajstić information content (AvgIpc) is 3.27. The van der Waals surface area contributed by atoms with E-state index in [0.29, 0.717) is 45.8 Å². The summed E-state index contributed by atoms with van der Waals surface area (Å²) >= 11 is 0. The van der Waals surface area contributed by atoms with Gasteiger partial charge < -0.3 is 31.1 Å². The van der Waals surface area contributed by atoms with E-state index in [4.69, 9.17) is 15.1 Å². The Hall–Kier alpha value is -4.06. The number of fused-ring (bicyclic) bond motifs is 1. The first kappa shape index (κ1) is 22.1. The van der Waals surface area contributed by atoms with Crippen molar-refractivity contribution < 1.29 is 4.74 Å². The summed E-state index contributed by atoms with van der Waals surface area (Å²) in [6, 6.07) is 8.27. The molecule has 0 aliphatic heterocycles. The maximum absolute atomic E-state index is 9.55. The molecule has 0 radical (unpaired) electrons. The Kier molecular flexibility index (Phi) is 6.74. The highest BCUT2D eigenvalue weighted by Gasteiger charge is 2.19. The Balaban J connectivity index is 1.69. The fourth-order valence-corrected chi connectivity index (χ4v) is 4.21. The van der Waals surface area contributed by atoms with Crippen LogP contribution in [0.4, 0.5) is 17.5 Å². The zero-order valence-corrected chi connectivity index (χ0v) is 18.8. The summed E-state index contributed by atoms with van der Waals surface area (Å²) in [5.74, 6) is 1.68. The molecule has 170 valence electrons. The number of benzene rings is 1. The van der Waals surface area contributed by atoms with Crippen LogP contribution in [0, 0.1) is 16.7 Å². The van der Waals surface area contributed by atoms with Gasteiger partial charge in [0.2, 0.25) is 5.95 Å². The summed E-state index contributed by atoms with van der Waals surface area (Å²) in [6.07, 6.45) is 10.4. The summed E-state index contributed by atoms with van der Waals surface area (Å²) in [6.45, 7) is 0. The minimum Gasteiger partial charge on any atom is -0.495 e. The minimum absolute atomic E-state index is 0.334. The van der Waals surface area contributed by atoms with E-state index in [1.165, 1.54) is 25.5 Å². The van der Waals surface area contributed by atoms with Crippen molar-refractivity contribution in [3.8, 4) is 11.8 Å². The summed E-state index contributed by atoms with van der Waals surface area (Å²) < 4.78 is 5.60. The van der Waals surface area contributed by atoms with E-state index < -0.39 is 0 Å². The van der Waals surface area contributed by atoms with Gasteiger partial charge in [0, 0.05) is 36.8 Å². The number of anilines is 3. The van der Waals surface area contributed by atoms with E-state index >= 15 is 0 Å². The molecule has 0 amide bonds. The number of methoxy groups -OCH3 is 1. The van der Waals surface area contributed by atoms with E-state index in [1.54, 1.807) is 19.4 Å². The largest absolute Gasteiger partial charge is 0.495 e. The molecule has 0 saturated heterocycles. The lowest BCUT2D eigenvalue weighted by Gasteiger charge is -2.24. The second-order valence-corrected chi connectivity index (χ2v) is 7.95. The number of allylic oxidation sites excluding steroid dienone is 1. The Labute approximate surface area is 192 Å². The molecule has 1 saturated carbocycles. The third kappa shape index (κ3) is 4.75. The van der Waals surface area contributed by atoms with Gasteiger partial charge in [-0.1, -0.05) is 25.3 Å². The quantitative estimate of drug-likeness (QED) is 0.322. The van der Waals surface area contributed by atoms with Crippen LogP contribution in [-0.4, -0.2) is 41.4 Å². The fraction of sp³-hybridized carbons (Fsp3) is 0.333. The lowest BCUT2D eigenvalue weighted by molar-refractivity contribution is 0.416. The molecular weight excluding hydrogens is 416 g/mol. The van der Waals surface area contributed by atoms with Gasteiger partial charge in [-0.25, -0.2) is 0 Å². The summed E-state index contributed by atoms with van der Waals surface area (Å²) in [5.41, 5.74) is 3.53. The first-order valence-electron chi connectivity index (χ1n) is 11.1. The van der Waals surface area contributed by atoms with E-state index in [-0.39, 0.29) is 0 Å². The van der Waals surface area contributed by atoms with Gasteiger partial charge in [-0.3, -0.25) is 0 Å². The molecule has 0 spiro atoms. The Morgan fingerprint density at radius 3 is 2.79 bits per heavy atom. The van der Waals surface area contributed by atoms with E-state index in [9.17, 15) is 5.26 Å². The number of H-pyrrole nitrogens is 1. The lowest BCUT2D eigenvalue weighted by Crippen LogP contribution is -2.23. The standard InChI is InChI=1S/C24H28N8O/c1-27-18(10-11-25)15-8-9-19(20(12-15)33-2)30-24-31-22-21(16(13-26)14-28-22)23(32-24)29-17-6-4-3-5-7-17/h8-12,14,17,25,27H,3-7H2,1-2H3,(H3,28,29,30,31,32)/b18-10-,25-11?. The van der Waals surface area contributed by atoms with Crippen LogP contribution in [0.25, 0.3) is 16.7 Å². The highest BCUT2D eigenvalue weighted by molar-refractivity contribution is 5.94. The zero-order valence-electron chi connectivity index (χ0n) is 18.8. The highest BCUT2D eigenvalue weighted by atomic mass is 16.5. The average molecular weight is 445 g/mol. The molecular formula is C24H28N8O. The van der Waals surface area contributed by atoms with E-state index in [0.717, 1.165) is 24.1 Å². The molecule has 9 nitrogen and oxygen atoms in total. The first-order valence-corrected chi connectivity index (χ1v) is 11.1. The Bertz CT molecular complexity index is 1220. The molecule has 0 unspecified atom stereocenters. The molecule has 1 aromatic carbocycles. The molecule has 3 aromatic rings. The summed E-state index contributed by atoms with van der Waals surface area (Å²) in [5, 5.41) is 27.5. The van der Waals surface area contributed by atoms with Crippen molar-refractivity contribution in [3.63, 3.8) is 0 Å². The third-order valence-electron chi connectivity index (χ3n) is 5.88. The summed E-state index contributed by atoms with van der Waals surface area (Å²) in [7, 11) is 3.41. The van der Waals surface area contributed by atoms with E-state index in [2.05, 4.69) is 32.0 Å². The molecule has 0 atom stereocenters. The van der Waals surface area contributed by atoms with Gasteiger partial charge in [0.1, 0.15) is 23.3 Å². The summed E-state index contributed by atoms with van der Waals surface area (Å²) in [4.78, 5) is 12.4. The first-order chi connectivity index (χ1) is 16.2. The van der Waals surface area contributed by atoms with Crippen molar-refractivity contribution >= 4 is 40.4 Å². The maximum Gasteiger partial charge on any atom is 0.231 e. The van der Waals surface area contributed by atoms with Crippen LogP contribution in [0.15, 0.2) is 30.5 Å². The van der Waals surface area contributed by atoms with Crippen LogP contribution in [0.3, 0.4) is 0 Å². The van der Waals surface area contributed by atoms with Crippen molar-refractivity contribution in [2.45, 2.75) is 38.1 Å². The predicted octanol–water partition coefficient (Wildman–Crippen LogP) is 4.54. The molecule has 1 aliphatic carbocycles. The van der Waals surface area contributed by atoms with Gasteiger partial charge in [-0.05, 0) is 31.1 Å². The number of rotatable bonds is 8. The number of nitriles is 1. The number of nitrogens with one attached hydrogen (secondary N) is 5. The number of aromatic nitrogens is 3. The molecule has 2 aromatic heterocycles. The molecule has 0 bridgehead atoms. The van der Waals surface area contributed by atoms with Crippen LogP contribution in [-0.2, 0) is 0 Å². The van der Waals surface area contributed by atoms with Crippen LogP contribution < -0.4 is 20.7 Å². The SMILES string of the molecule is CN/C(=C\C=N)c1ccc(Nc2nc(NC3CCCCC3)c3c(C#N)c[nH]c3n2)c(OC)c1. The van der Waals surface area contributed by atoms with Crippen molar-refractivity contribution in [2.24, 2.45) is 0 Å². The Morgan fingerprint density at radius 2 is 2.09 bits per heavy atom. The van der Waals surface area contributed by atoms with Gasteiger partial charge in [0.25, 0.3) is 0 Å². The fourth-order valence-electron chi connectivity index (χ4n) is 4.21. The Morgan fingerprint density at radius 1 is 1.27 bits per heavy atom. The van der Waals surface area contributed by atoms with Gasteiger partial charge in [-0.15, -0.1) is 0 Å². The second-order valence-electron chi connectivity index (χ2n) is 7.95. The maximum atomic E-state index is 9.55. The number of nitrogens with zero attached hydrogens (tertiary/aromatic N) is 3. The molecule has 1 fully saturated rings. The molecule has 1 aliphatic rings. The van der Waals surface area contributed by atoms with Crippen molar-refractivity contribution in [3.05, 3.63) is 41.6 Å². The molecule has 4 rings (SSSR count). The molecule has 5 N–H and O–H groups in total. The smallest absolute Gasteiger partial charge is 0.231 e. The number of hydrogen-bond donors (Lipinski definition) is 5. The predicted molar refractivity (Wildman–Crippen MR) is 131 cm³/mol. The highest BCUT2D eigenvalue weighted by Crippen LogP contribution is 2.32. The second kappa shape index (κ2) is 10.0. The molecule has 2 heterocycles. The molecule has 33 heavy (non-hydrogen) atoms. The number of ether oxygens (including phenoxy) is 1. The van der Waals surface area contributed by atoms with Crippen LogP contribution in [0.2, 0.25) is 0 Å². The normalized spacial score (nSPS) is 14.5. The molecule has 9 heteroatoms. The monoisotopic (exact) mass is 444 g/mol. The number of aromatic amines is 1. The van der Waals surface area contributed by atoms with Gasteiger partial charge in [0.15, 0.2) is 0 Å². The topological polar surface area (TPSA) is 135 Å². The van der Waals surface area contributed by atoms with Crippen molar-refractivity contribution in [1.29, 1.82) is 10.7 Å². The van der Waals surface area contributed by atoms with Gasteiger partial charge in [0.05, 0.1) is 23.7 Å². The number of hydrogen-bond acceptors (Lipinski definition) is 8. The lowest BCUT2D eigenvalue weighted by atomic mass is 9.95. The minimum atomic E-state index is 0.334.